The van der Waals surface area contributed by atoms with Crippen molar-refractivity contribution in [3.63, 3.8) is 0 Å². The third kappa shape index (κ3) is 7.42. The summed E-state index contributed by atoms with van der Waals surface area (Å²) in [5, 5.41) is 0. The minimum Gasteiger partial charge on any atom is -0.741 e. The van der Waals surface area contributed by atoms with E-state index in [1.807, 2.05) is 13.1 Å². The SMILES string of the molecule is C[n+]1ccc(C2CC3C(=O)C=CC2[N+]3(C)c2ccccc2)cc1.O=S(=O)([O-])C(F)(F)F.O=S(=O)([O-])C(F)(F)F. The highest BCUT2D eigenvalue weighted by atomic mass is 32.2. The Morgan fingerprint density at radius 2 is 1.31 bits per heavy atom. The zero-order valence-corrected chi connectivity index (χ0v) is 21.8. The molecule has 2 aromatic rings. The standard InChI is InChI=1S/C20H22N2O.2CHF3O3S/c1-21-12-10-15(11-13-21)17-14-19-20(23)9-8-18(17)22(19,2)16-6-4-3-5-7-16;2*2-1(3,4)8(5,6)7/h3-13,17-19H,14H2,1-2H3;2*(H,5,6,7)/q+2;;/p-2. The van der Waals surface area contributed by atoms with Crippen LogP contribution in [-0.4, -0.2) is 61.9 Å². The number of hydrogen-bond acceptors (Lipinski definition) is 7. The highest BCUT2D eigenvalue weighted by Gasteiger charge is 2.57. The molecule has 4 atom stereocenters. The predicted molar refractivity (Wildman–Crippen MR) is 122 cm³/mol. The number of carbonyl (C=O) groups is 1. The van der Waals surface area contributed by atoms with Gasteiger partial charge in [0.15, 0.2) is 38.7 Å². The summed E-state index contributed by atoms with van der Waals surface area (Å²) in [7, 11) is -7.93. The van der Waals surface area contributed by atoms with Crippen LogP contribution < -0.4 is 9.05 Å². The molecule has 0 aliphatic carbocycles. The summed E-state index contributed by atoms with van der Waals surface area (Å²) in [4.78, 5) is 12.6. The van der Waals surface area contributed by atoms with Gasteiger partial charge in [-0.1, -0.05) is 18.2 Å². The summed E-state index contributed by atoms with van der Waals surface area (Å²) in [6, 6.07) is 15.2. The molecular weight excluding hydrogens is 582 g/mol. The molecule has 4 unspecified atom stereocenters. The van der Waals surface area contributed by atoms with E-state index in [1.54, 1.807) is 6.08 Å². The first kappa shape index (κ1) is 32.4. The molecule has 9 nitrogen and oxygen atoms in total. The zero-order chi connectivity index (χ0) is 30.0. The molecule has 39 heavy (non-hydrogen) atoms. The van der Waals surface area contributed by atoms with E-state index in [1.165, 1.54) is 11.3 Å². The number of benzene rings is 1. The van der Waals surface area contributed by atoms with Crippen molar-refractivity contribution in [2.75, 3.05) is 7.05 Å². The van der Waals surface area contributed by atoms with Crippen LogP contribution in [0.15, 0.2) is 67.0 Å². The predicted octanol–water partition coefficient (Wildman–Crippen LogP) is 2.61. The van der Waals surface area contributed by atoms with Gasteiger partial charge in [0.05, 0.1) is 7.05 Å². The summed E-state index contributed by atoms with van der Waals surface area (Å²) in [5.74, 6) is 0.644. The van der Waals surface area contributed by atoms with Crippen molar-refractivity contribution in [3.8, 4) is 0 Å². The van der Waals surface area contributed by atoms with Gasteiger partial charge in [0.1, 0.15) is 18.8 Å². The maximum atomic E-state index is 12.6. The van der Waals surface area contributed by atoms with Crippen LogP contribution in [0.1, 0.15) is 17.9 Å². The second-order valence-electron chi connectivity index (χ2n) is 8.69. The number of fused-ring (bicyclic) bond motifs is 2. The van der Waals surface area contributed by atoms with Crippen LogP contribution in [0.5, 0.6) is 0 Å². The topological polar surface area (TPSA) is 135 Å². The van der Waals surface area contributed by atoms with Gasteiger partial charge in [0, 0.05) is 24.5 Å². The Morgan fingerprint density at radius 3 is 1.72 bits per heavy atom. The van der Waals surface area contributed by atoms with E-state index in [0.717, 1.165) is 6.42 Å². The quantitative estimate of drug-likeness (QED) is 0.169. The third-order valence-electron chi connectivity index (χ3n) is 6.25. The van der Waals surface area contributed by atoms with Crippen molar-refractivity contribution in [2.45, 2.75) is 35.4 Å². The fourth-order valence-corrected chi connectivity index (χ4v) is 4.37. The number of rotatable bonds is 2. The molecule has 0 spiro atoms. The maximum absolute atomic E-state index is 12.6. The van der Waals surface area contributed by atoms with E-state index in [-0.39, 0.29) is 11.8 Å². The Hall–Kier alpha value is -2.86. The van der Waals surface area contributed by atoms with Gasteiger partial charge >= 0.3 is 11.0 Å². The number of ketones is 1. The highest BCUT2D eigenvalue weighted by Crippen LogP contribution is 2.48. The summed E-state index contributed by atoms with van der Waals surface area (Å²) >= 11 is 0. The molecule has 0 saturated carbocycles. The number of halogens is 6. The Kier molecular flexibility index (Phi) is 9.39. The molecule has 1 fully saturated rings. The lowest BCUT2D eigenvalue weighted by molar-refractivity contribution is -0.671. The van der Waals surface area contributed by atoms with Crippen LogP contribution in [0.2, 0.25) is 0 Å². The summed E-state index contributed by atoms with van der Waals surface area (Å²) < 4.78 is 121. The summed E-state index contributed by atoms with van der Waals surface area (Å²) in [5.41, 5.74) is -8.74. The van der Waals surface area contributed by atoms with Crippen molar-refractivity contribution in [1.29, 1.82) is 0 Å². The molecule has 2 bridgehead atoms. The maximum Gasteiger partial charge on any atom is 0.485 e. The smallest absolute Gasteiger partial charge is 0.485 e. The molecule has 0 radical (unpaired) electrons. The Balaban J connectivity index is 0.000000277. The molecule has 0 N–H and O–H groups in total. The fourth-order valence-electron chi connectivity index (χ4n) is 4.37. The Labute approximate surface area is 220 Å². The number of nitrogens with zero attached hydrogens (tertiary/aromatic N) is 2. The minimum absolute atomic E-state index is 0.0198. The lowest BCUT2D eigenvalue weighted by Crippen LogP contribution is -2.59. The largest absolute Gasteiger partial charge is 0.741 e. The number of hydrogen-bond donors (Lipinski definition) is 0. The summed E-state index contributed by atoms with van der Waals surface area (Å²) in [6.07, 6.45) is 9.04. The first-order chi connectivity index (χ1) is 17.6. The summed E-state index contributed by atoms with van der Waals surface area (Å²) in [6.45, 7) is 0. The van der Waals surface area contributed by atoms with E-state index in [9.17, 15) is 31.1 Å². The van der Waals surface area contributed by atoms with Crippen molar-refractivity contribution in [1.82, 2.24) is 4.48 Å². The average Bonchev–Trinajstić information content (AvgIpc) is 2.97. The lowest BCUT2D eigenvalue weighted by atomic mass is 9.92. The van der Waals surface area contributed by atoms with Crippen LogP contribution in [-0.2, 0) is 32.1 Å². The average molecular weight is 605 g/mol. The van der Waals surface area contributed by atoms with E-state index in [0.29, 0.717) is 16.4 Å². The Morgan fingerprint density at radius 1 is 0.872 bits per heavy atom. The number of alkyl halides is 6. The number of aromatic nitrogens is 1. The van der Waals surface area contributed by atoms with Crippen molar-refractivity contribution < 1.29 is 61.6 Å². The second-order valence-corrected chi connectivity index (χ2v) is 11.4. The van der Waals surface area contributed by atoms with Gasteiger partial charge < -0.3 is 9.11 Å². The fraction of sp³-hybridized carbons (Fsp3) is 0.364. The second kappa shape index (κ2) is 11.3. The zero-order valence-electron chi connectivity index (χ0n) is 20.1. The van der Waals surface area contributed by atoms with Crippen molar-refractivity contribution in [3.05, 3.63) is 72.6 Å². The van der Waals surface area contributed by atoms with Gasteiger partial charge in [0.25, 0.3) is 0 Å². The number of quaternary nitrogens is 1. The van der Waals surface area contributed by atoms with Crippen molar-refractivity contribution >= 4 is 31.7 Å². The van der Waals surface area contributed by atoms with Crippen molar-refractivity contribution in [2.24, 2.45) is 7.05 Å². The molecule has 3 heterocycles. The van der Waals surface area contributed by atoms with E-state index in [2.05, 4.69) is 66.5 Å². The van der Waals surface area contributed by atoms with Crippen LogP contribution in [0.4, 0.5) is 32.0 Å². The van der Waals surface area contributed by atoms with Gasteiger partial charge in [-0.3, -0.25) is 9.28 Å². The minimum atomic E-state index is -6.09. The first-order valence-corrected chi connectivity index (χ1v) is 13.6. The molecule has 2 aliphatic heterocycles. The van der Waals surface area contributed by atoms with Crippen LogP contribution in [0.3, 0.4) is 0 Å². The third-order valence-corrected chi connectivity index (χ3v) is 7.39. The van der Waals surface area contributed by atoms with Crippen LogP contribution in [0.25, 0.3) is 0 Å². The molecule has 1 saturated heterocycles. The number of pyridine rings is 1. The first-order valence-electron chi connectivity index (χ1n) is 10.7. The molecule has 17 heteroatoms. The normalized spacial score (nSPS) is 24.8. The van der Waals surface area contributed by atoms with Crippen LogP contribution in [0, 0.1) is 0 Å². The van der Waals surface area contributed by atoms with Gasteiger partial charge in [0.2, 0.25) is 5.78 Å². The van der Waals surface area contributed by atoms with Gasteiger partial charge in [-0.25, -0.2) is 21.4 Å². The molecule has 4 rings (SSSR count). The number of carbonyl (C=O) groups excluding carboxylic acids is 1. The molecule has 216 valence electrons. The number of likely N-dealkylation sites (N-methyl/N-ethyl adjacent to an activating group) is 1. The lowest BCUT2D eigenvalue weighted by Gasteiger charge is -2.41. The highest BCUT2D eigenvalue weighted by molar-refractivity contribution is 7.86. The number of para-hydroxylation sites is 1. The Bertz CT molecular complexity index is 1370. The molecule has 1 aromatic heterocycles. The molecule has 2 aliphatic rings. The van der Waals surface area contributed by atoms with Crippen LogP contribution >= 0.6 is 0 Å². The van der Waals surface area contributed by atoms with Gasteiger partial charge in [-0.15, -0.1) is 0 Å². The van der Waals surface area contributed by atoms with E-state index >= 15 is 0 Å². The van der Waals surface area contributed by atoms with E-state index in [4.69, 9.17) is 25.9 Å². The van der Waals surface area contributed by atoms with Gasteiger partial charge in [-0.05, 0) is 29.8 Å². The number of aryl methyl sites for hydroxylation is 1. The van der Waals surface area contributed by atoms with E-state index < -0.39 is 31.3 Å². The molecule has 0 amide bonds. The monoisotopic (exact) mass is 604 g/mol. The van der Waals surface area contributed by atoms with Gasteiger partial charge in [-0.2, -0.15) is 26.3 Å². The molecular formula is C22H22F6N2O7S2. The molecule has 1 aromatic carbocycles.